The van der Waals surface area contributed by atoms with Crippen LogP contribution in [0.1, 0.15) is 41.3 Å². The lowest BCUT2D eigenvalue weighted by Gasteiger charge is -2.24. The average Bonchev–Trinajstić information content (AvgIpc) is 2.63. The minimum absolute atomic E-state index is 0.519. The number of nitrogens with zero attached hydrogens (tertiary/aromatic N) is 1. The molecule has 0 saturated carbocycles. The van der Waals surface area contributed by atoms with E-state index in [4.69, 9.17) is 0 Å². The van der Waals surface area contributed by atoms with Crippen molar-refractivity contribution in [2.24, 2.45) is 7.05 Å². The van der Waals surface area contributed by atoms with Crippen molar-refractivity contribution in [3.05, 3.63) is 34.5 Å². The highest BCUT2D eigenvalue weighted by atomic mass is 15.0. The van der Waals surface area contributed by atoms with Gasteiger partial charge in [0.05, 0.1) is 0 Å². The van der Waals surface area contributed by atoms with Crippen molar-refractivity contribution in [1.29, 1.82) is 0 Å². The van der Waals surface area contributed by atoms with Gasteiger partial charge in [0.25, 0.3) is 0 Å². The lowest BCUT2D eigenvalue weighted by atomic mass is 9.90. The van der Waals surface area contributed by atoms with Crippen LogP contribution >= 0.6 is 0 Å². The molecule has 1 aliphatic rings. The van der Waals surface area contributed by atoms with Crippen molar-refractivity contribution in [1.82, 2.24) is 9.88 Å². The molecule has 2 heteroatoms. The summed E-state index contributed by atoms with van der Waals surface area (Å²) in [5.74, 6) is 0. The van der Waals surface area contributed by atoms with Crippen molar-refractivity contribution >= 4 is 10.9 Å². The van der Waals surface area contributed by atoms with E-state index in [1.54, 1.807) is 5.56 Å². The molecule has 0 radical (unpaired) electrons. The van der Waals surface area contributed by atoms with Crippen molar-refractivity contribution < 1.29 is 0 Å². The summed E-state index contributed by atoms with van der Waals surface area (Å²) in [5.41, 5.74) is 7.28. The molecule has 1 aromatic heterocycles. The van der Waals surface area contributed by atoms with Crippen LogP contribution in [0.25, 0.3) is 10.9 Å². The maximum Gasteiger partial charge on any atom is 0.0488 e. The Kier molecular flexibility index (Phi) is 2.70. The Balaban J connectivity index is 2.38. The molecule has 1 unspecified atom stereocenters. The molecule has 96 valence electrons. The van der Waals surface area contributed by atoms with Gasteiger partial charge in [0.1, 0.15) is 0 Å². The van der Waals surface area contributed by atoms with Crippen molar-refractivity contribution in [2.75, 3.05) is 7.05 Å². The van der Waals surface area contributed by atoms with Crippen LogP contribution in [-0.2, 0) is 13.5 Å². The number of hydrogen-bond donors (Lipinski definition) is 1. The molecule has 1 aromatic carbocycles. The predicted octanol–water partition coefficient (Wildman–Crippen LogP) is 3.39. The van der Waals surface area contributed by atoms with E-state index in [1.807, 2.05) is 0 Å². The molecular weight excluding hydrogens is 220 g/mol. The zero-order chi connectivity index (χ0) is 12.9. The molecule has 0 aliphatic heterocycles. The molecule has 2 nitrogen and oxygen atoms in total. The third kappa shape index (κ3) is 1.52. The van der Waals surface area contributed by atoms with E-state index in [9.17, 15) is 0 Å². The molecule has 18 heavy (non-hydrogen) atoms. The third-order valence-corrected chi connectivity index (χ3v) is 4.39. The van der Waals surface area contributed by atoms with Gasteiger partial charge >= 0.3 is 0 Å². The Hall–Kier alpha value is -1.28. The lowest BCUT2D eigenvalue weighted by Crippen LogP contribution is -2.23. The number of nitrogens with one attached hydrogen (secondary N) is 1. The molecule has 1 N–H and O–H groups in total. The molecule has 1 atom stereocenters. The number of rotatable bonds is 1. The van der Waals surface area contributed by atoms with Crippen LogP contribution in [0.3, 0.4) is 0 Å². The second kappa shape index (κ2) is 4.13. The van der Waals surface area contributed by atoms with Gasteiger partial charge in [0.2, 0.25) is 0 Å². The number of aromatic nitrogens is 1. The summed E-state index contributed by atoms with van der Waals surface area (Å²) in [5, 5.41) is 4.97. The van der Waals surface area contributed by atoms with Gasteiger partial charge < -0.3 is 9.88 Å². The monoisotopic (exact) mass is 242 g/mol. The van der Waals surface area contributed by atoms with Crippen LogP contribution in [0.15, 0.2) is 12.1 Å². The fourth-order valence-corrected chi connectivity index (χ4v) is 3.66. The van der Waals surface area contributed by atoms with Crippen LogP contribution < -0.4 is 5.32 Å². The fourth-order valence-electron chi connectivity index (χ4n) is 3.66. The number of aryl methyl sites for hydroxylation is 4. The van der Waals surface area contributed by atoms with Gasteiger partial charge in [-0.05, 0) is 62.9 Å². The Morgan fingerprint density at radius 2 is 2.06 bits per heavy atom. The zero-order valence-corrected chi connectivity index (χ0v) is 11.8. The second-order valence-electron chi connectivity index (χ2n) is 5.63. The quantitative estimate of drug-likeness (QED) is 0.811. The maximum absolute atomic E-state index is 3.48. The van der Waals surface area contributed by atoms with Gasteiger partial charge in [-0.15, -0.1) is 0 Å². The first-order chi connectivity index (χ1) is 8.63. The van der Waals surface area contributed by atoms with Gasteiger partial charge in [-0.25, -0.2) is 0 Å². The Bertz CT molecular complexity index is 607. The molecule has 0 amide bonds. The van der Waals surface area contributed by atoms with E-state index in [2.05, 4.69) is 50.0 Å². The Labute approximate surface area is 109 Å². The molecule has 0 bridgehead atoms. The first-order valence-corrected chi connectivity index (χ1v) is 6.89. The highest BCUT2D eigenvalue weighted by Crippen LogP contribution is 2.38. The smallest absolute Gasteiger partial charge is 0.0488 e. The summed E-state index contributed by atoms with van der Waals surface area (Å²) >= 11 is 0. The van der Waals surface area contributed by atoms with E-state index < -0.39 is 0 Å². The van der Waals surface area contributed by atoms with E-state index in [0.717, 1.165) is 0 Å². The van der Waals surface area contributed by atoms with Crippen LogP contribution in [-0.4, -0.2) is 11.6 Å². The standard InChI is InChI=1S/C16H22N2/c1-10-8-11(2)15-12-6-5-7-13(17-3)16(12)18(4)14(15)9-10/h8-9,13,17H,5-7H2,1-4H3. The minimum atomic E-state index is 0.519. The second-order valence-corrected chi connectivity index (χ2v) is 5.63. The van der Waals surface area contributed by atoms with E-state index in [-0.39, 0.29) is 0 Å². The topological polar surface area (TPSA) is 17.0 Å². The normalized spacial score (nSPS) is 19.2. The van der Waals surface area contributed by atoms with E-state index >= 15 is 0 Å². The highest BCUT2D eigenvalue weighted by molar-refractivity contribution is 5.89. The first-order valence-electron chi connectivity index (χ1n) is 6.89. The predicted molar refractivity (Wildman–Crippen MR) is 77.1 cm³/mol. The molecule has 0 spiro atoms. The molecule has 3 rings (SSSR count). The maximum atomic E-state index is 3.48. The molecule has 2 aromatic rings. The summed E-state index contributed by atoms with van der Waals surface area (Å²) in [7, 11) is 4.30. The van der Waals surface area contributed by atoms with Gasteiger partial charge in [0, 0.05) is 29.7 Å². The van der Waals surface area contributed by atoms with Gasteiger partial charge in [-0.3, -0.25) is 0 Å². The van der Waals surface area contributed by atoms with Crippen LogP contribution in [0.4, 0.5) is 0 Å². The molecular formula is C16H22N2. The van der Waals surface area contributed by atoms with Crippen LogP contribution in [0, 0.1) is 13.8 Å². The molecule has 1 heterocycles. The summed E-state index contributed by atoms with van der Waals surface area (Å²) in [6.45, 7) is 4.44. The van der Waals surface area contributed by atoms with Gasteiger partial charge in [0.15, 0.2) is 0 Å². The van der Waals surface area contributed by atoms with Crippen molar-refractivity contribution in [2.45, 2.75) is 39.2 Å². The largest absolute Gasteiger partial charge is 0.346 e. The van der Waals surface area contributed by atoms with Gasteiger partial charge in [-0.1, -0.05) is 6.07 Å². The number of hydrogen-bond acceptors (Lipinski definition) is 1. The Morgan fingerprint density at radius 1 is 1.28 bits per heavy atom. The number of fused-ring (bicyclic) bond motifs is 3. The summed E-state index contributed by atoms with van der Waals surface area (Å²) in [6, 6.07) is 5.16. The summed E-state index contributed by atoms with van der Waals surface area (Å²) < 4.78 is 2.41. The van der Waals surface area contributed by atoms with Crippen LogP contribution in [0.5, 0.6) is 0 Å². The first kappa shape index (κ1) is 11.8. The van der Waals surface area contributed by atoms with E-state index in [0.29, 0.717) is 6.04 Å². The lowest BCUT2D eigenvalue weighted by molar-refractivity contribution is 0.474. The Morgan fingerprint density at radius 3 is 2.78 bits per heavy atom. The van der Waals surface area contributed by atoms with Crippen LogP contribution in [0.2, 0.25) is 0 Å². The summed E-state index contributed by atoms with van der Waals surface area (Å²) in [6.07, 6.45) is 3.78. The number of benzene rings is 1. The van der Waals surface area contributed by atoms with Gasteiger partial charge in [-0.2, -0.15) is 0 Å². The van der Waals surface area contributed by atoms with Crippen molar-refractivity contribution in [3.8, 4) is 0 Å². The molecule has 0 fully saturated rings. The van der Waals surface area contributed by atoms with Crippen molar-refractivity contribution in [3.63, 3.8) is 0 Å². The minimum Gasteiger partial charge on any atom is -0.346 e. The SMILES string of the molecule is CNC1CCCc2c1n(C)c1cc(C)cc(C)c21. The molecule has 0 saturated heterocycles. The van der Waals surface area contributed by atoms with E-state index in [1.165, 1.54) is 47.0 Å². The average molecular weight is 242 g/mol. The third-order valence-electron chi connectivity index (χ3n) is 4.39. The zero-order valence-electron chi connectivity index (χ0n) is 11.8. The molecule has 1 aliphatic carbocycles. The fraction of sp³-hybridized carbons (Fsp3) is 0.500. The highest BCUT2D eigenvalue weighted by Gasteiger charge is 2.26. The summed E-state index contributed by atoms with van der Waals surface area (Å²) in [4.78, 5) is 0.